The molecular formula is C14H16N2O4. The first kappa shape index (κ1) is 13.8. The van der Waals surface area contributed by atoms with Crippen molar-refractivity contribution in [1.82, 2.24) is 4.98 Å². The van der Waals surface area contributed by atoms with Crippen LogP contribution in [0, 0.1) is 0 Å². The topological polar surface area (TPSA) is 86.6 Å². The van der Waals surface area contributed by atoms with E-state index >= 15 is 0 Å². The SMILES string of the molecule is COC(=O)c1[nH]cc(-c2ccc(OC)c(OC)c2)c1N. The Bertz CT molecular complexity index is 634. The summed E-state index contributed by atoms with van der Waals surface area (Å²) < 4.78 is 15.1. The summed E-state index contributed by atoms with van der Waals surface area (Å²) in [5.41, 5.74) is 8.05. The summed E-state index contributed by atoms with van der Waals surface area (Å²) in [6.07, 6.45) is 1.66. The smallest absolute Gasteiger partial charge is 0.356 e. The number of nitrogens with one attached hydrogen (secondary N) is 1. The first-order chi connectivity index (χ1) is 9.62. The highest BCUT2D eigenvalue weighted by Gasteiger charge is 2.17. The number of nitrogen functional groups attached to an aromatic ring is 1. The molecule has 0 fully saturated rings. The van der Waals surface area contributed by atoms with Gasteiger partial charge in [-0.2, -0.15) is 0 Å². The van der Waals surface area contributed by atoms with Crippen LogP contribution in [0.15, 0.2) is 24.4 Å². The molecule has 20 heavy (non-hydrogen) atoms. The van der Waals surface area contributed by atoms with E-state index in [9.17, 15) is 4.79 Å². The van der Waals surface area contributed by atoms with Gasteiger partial charge in [-0.1, -0.05) is 6.07 Å². The van der Waals surface area contributed by atoms with Gasteiger partial charge in [0, 0.05) is 11.8 Å². The standard InChI is InChI=1S/C14H16N2O4/c1-18-10-5-4-8(6-11(10)19-2)9-7-16-13(12(9)15)14(17)20-3/h4-7,16H,15H2,1-3H3. The van der Waals surface area contributed by atoms with Gasteiger partial charge in [-0.05, 0) is 17.7 Å². The van der Waals surface area contributed by atoms with Crippen molar-refractivity contribution in [2.75, 3.05) is 27.1 Å². The molecule has 0 radical (unpaired) electrons. The van der Waals surface area contributed by atoms with Crippen molar-refractivity contribution in [3.63, 3.8) is 0 Å². The van der Waals surface area contributed by atoms with Crippen molar-refractivity contribution >= 4 is 11.7 Å². The second-order valence-corrected chi connectivity index (χ2v) is 4.05. The number of nitrogens with two attached hydrogens (primary N) is 1. The molecule has 2 aromatic rings. The van der Waals surface area contributed by atoms with E-state index < -0.39 is 5.97 Å². The number of methoxy groups -OCH3 is 3. The molecule has 6 nitrogen and oxygen atoms in total. The van der Waals surface area contributed by atoms with Crippen LogP contribution in [0.25, 0.3) is 11.1 Å². The lowest BCUT2D eigenvalue weighted by Crippen LogP contribution is -2.04. The molecule has 1 heterocycles. The Morgan fingerprint density at radius 1 is 1.15 bits per heavy atom. The fraction of sp³-hybridized carbons (Fsp3) is 0.214. The molecule has 0 unspecified atom stereocenters. The lowest BCUT2D eigenvalue weighted by atomic mass is 10.1. The highest BCUT2D eigenvalue weighted by molar-refractivity contribution is 5.98. The largest absolute Gasteiger partial charge is 0.493 e. The van der Waals surface area contributed by atoms with Crippen LogP contribution in [0.1, 0.15) is 10.5 Å². The number of rotatable bonds is 4. The van der Waals surface area contributed by atoms with Gasteiger partial charge in [-0.15, -0.1) is 0 Å². The number of anilines is 1. The average molecular weight is 276 g/mol. The maximum Gasteiger partial charge on any atom is 0.356 e. The average Bonchev–Trinajstić information content (AvgIpc) is 2.87. The van der Waals surface area contributed by atoms with Crippen molar-refractivity contribution in [3.8, 4) is 22.6 Å². The second-order valence-electron chi connectivity index (χ2n) is 4.05. The van der Waals surface area contributed by atoms with Gasteiger partial charge in [0.2, 0.25) is 0 Å². The molecule has 0 saturated carbocycles. The predicted octanol–water partition coefficient (Wildman–Crippen LogP) is 2.07. The van der Waals surface area contributed by atoms with Gasteiger partial charge in [0.1, 0.15) is 5.69 Å². The van der Waals surface area contributed by atoms with Gasteiger partial charge >= 0.3 is 5.97 Å². The lowest BCUT2D eigenvalue weighted by molar-refractivity contribution is 0.0596. The van der Waals surface area contributed by atoms with Crippen LogP contribution < -0.4 is 15.2 Å². The van der Waals surface area contributed by atoms with Crippen LogP contribution in [0.4, 0.5) is 5.69 Å². The number of hydrogen-bond donors (Lipinski definition) is 2. The van der Waals surface area contributed by atoms with E-state index in [0.717, 1.165) is 5.56 Å². The maximum atomic E-state index is 11.5. The maximum absolute atomic E-state index is 11.5. The Morgan fingerprint density at radius 2 is 1.85 bits per heavy atom. The van der Waals surface area contributed by atoms with Gasteiger partial charge < -0.3 is 24.9 Å². The van der Waals surface area contributed by atoms with E-state index in [4.69, 9.17) is 15.2 Å². The van der Waals surface area contributed by atoms with E-state index in [0.29, 0.717) is 22.7 Å². The van der Waals surface area contributed by atoms with Crippen molar-refractivity contribution in [3.05, 3.63) is 30.1 Å². The number of esters is 1. The van der Waals surface area contributed by atoms with Crippen LogP contribution in [0.5, 0.6) is 11.5 Å². The molecule has 106 valence electrons. The minimum absolute atomic E-state index is 0.234. The first-order valence-electron chi connectivity index (χ1n) is 5.90. The lowest BCUT2D eigenvalue weighted by Gasteiger charge is -2.09. The molecule has 1 aromatic heterocycles. The van der Waals surface area contributed by atoms with Crippen molar-refractivity contribution in [1.29, 1.82) is 0 Å². The van der Waals surface area contributed by atoms with Gasteiger partial charge in [-0.25, -0.2) is 4.79 Å². The van der Waals surface area contributed by atoms with Gasteiger partial charge in [0.25, 0.3) is 0 Å². The van der Waals surface area contributed by atoms with E-state index in [1.165, 1.54) is 7.11 Å². The third-order valence-corrected chi connectivity index (χ3v) is 3.00. The minimum Gasteiger partial charge on any atom is -0.493 e. The number of ether oxygens (including phenoxy) is 3. The van der Waals surface area contributed by atoms with E-state index in [-0.39, 0.29) is 5.69 Å². The fourth-order valence-corrected chi connectivity index (χ4v) is 1.95. The van der Waals surface area contributed by atoms with Gasteiger partial charge in [0.05, 0.1) is 27.0 Å². The molecule has 2 rings (SSSR count). The Balaban J connectivity index is 2.47. The number of carbonyl (C=O) groups excluding carboxylic acids is 1. The number of benzene rings is 1. The first-order valence-corrected chi connectivity index (χ1v) is 5.90. The normalized spacial score (nSPS) is 10.2. The molecule has 0 spiro atoms. The highest BCUT2D eigenvalue weighted by atomic mass is 16.5. The third kappa shape index (κ3) is 2.27. The van der Waals surface area contributed by atoms with Crippen LogP contribution >= 0.6 is 0 Å². The van der Waals surface area contributed by atoms with Crippen molar-refractivity contribution < 1.29 is 19.0 Å². The molecule has 0 aliphatic carbocycles. The summed E-state index contributed by atoms with van der Waals surface area (Å²) in [7, 11) is 4.43. The predicted molar refractivity (Wildman–Crippen MR) is 75.1 cm³/mol. The number of hydrogen-bond acceptors (Lipinski definition) is 5. The molecule has 6 heteroatoms. The Hall–Kier alpha value is -2.63. The van der Waals surface area contributed by atoms with E-state index in [1.54, 1.807) is 32.5 Å². The molecule has 0 saturated heterocycles. The molecule has 3 N–H and O–H groups in total. The number of H-pyrrole nitrogens is 1. The van der Waals surface area contributed by atoms with Crippen LogP contribution in [0.3, 0.4) is 0 Å². The summed E-state index contributed by atoms with van der Waals surface area (Å²) in [5.74, 6) is 0.706. The Labute approximate surface area is 116 Å². The molecule has 0 amide bonds. The van der Waals surface area contributed by atoms with E-state index in [2.05, 4.69) is 9.72 Å². The zero-order chi connectivity index (χ0) is 14.7. The zero-order valence-corrected chi connectivity index (χ0v) is 11.5. The molecule has 0 aliphatic rings. The molecule has 0 bridgehead atoms. The van der Waals surface area contributed by atoms with E-state index in [1.807, 2.05) is 6.07 Å². The Morgan fingerprint density at radius 3 is 2.45 bits per heavy atom. The molecule has 1 aromatic carbocycles. The van der Waals surface area contributed by atoms with Gasteiger partial charge in [0.15, 0.2) is 11.5 Å². The van der Waals surface area contributed by atoms with Crippen LogP contribution in [0.2, 0.25) is 0 Å². The quantitative estimate of drug-likeness (QED) is 0.835. The molecule has 0 atom stereocenters. The van der Waals surface area contributed by atoms with Crippen LogP contribution in [-0.2, 0) is 4.74 Å². The summed E-state index contributed by atoms with van der Waals surface area (Å²) in [4.78, 5) is 14.3. The number of carbonyl (C=O) groups is 1. The minimum atomic E-state index is -0.505. The summed E-state index contributed by atoms with van der Waals surface area (Å²) in [6, 6.07) is 5.40. The summed E-state index contributed by atoms with van der Waals surface area (Å²) >= 11 is 0. The van der Waals surface area contributed by atoms with Crippen molar-refractivity contribution in [2.24, 2.45) is 0 Å². The molecular weight excluding hydrogens is 260 g/mol. The second kappa shape index (κ2) is 5.56. The monoisotopic (exact) mass is 276 g/mol. The highest BCUT2D eigenvalue weighted by Crippen LogP contribution is 2.35. The van der Waals surface area contributed by atoms with Gasteiger partial charge in [-0.3, -0.25) is 0 Å². The third-order valence-electron chi connectivity index (χ3n) is 3.00. The zero-order valence-electron chi connectivity index (χ0n) is 11.5. The Kier molecular flexibility index (Phi) is 3.84. The number of aromatic amines is 1. The van der Waals surface area contributed by atoms with Crippen molar-refractivity contribution in [2.45, 2.75) is 0 Å². The summed E-state index contributed by atoms with van der Waals surface area (Å²) in [5, 5.41) is 0. The number of aromatic nitrogens is 1. The summed E-state index contributed by atoms with van der Waals surface area (Å²) in [6.45, 7) is 0. The molecule has 0 aliphatic heterocycles. The fourth-order valence-electron chi connectivity index (χ4n) is 1.95. The van der Waals surface area contributed by atoms with Crippen LogP contribution in [-0.4, -0.2) is 32.3 Å².